The molecule has 0 saturated heterocycles. The molecule has 2 aliphatic heterocycles. The van der Waals surface area contributed by atoms with Gasteiger partial charge in [0.1, 0.15) is 5.58 Å². The lowest BCUT2D eigenvalue weighted by Gasteiger charge is -2.39. The molecule has 0 aliphatic carbocycles. The first-order valence-corrected chi connectivity index (χ1v) is 17.3. The Morgan fingerprint density at radius 3 is 2.14 bits per heavy atom. The summed E-state index contributed by atoms with van der Waals surface area (Å²) in [7, 11) is 2.30. The minimum absolute atomic E-state index is 0.816. The normalized spacial score (nSPS) is 12.6. The van der Waals surface area contributed by atoms with Crippen LogP contribution in [0.3, 0.4) is 0 Å². The summed E-state index contributed by atoms with van der Waals surface area (Å²) < 4.78 is 13.3. The molecule has 1 aromatic heterocycles. The fraction of sp³-hybridized carbons (Fsp3) is 0. The van der Waals surface area contributed by atoms with Gasteiger partial charge in [-0.3, -0.25) is 0 Å². The molecular formula is C46H28BN2O2. The van der Waals surface area contributed by atoms with Gasteiger partial charge in [0.15, 0.2) is 24.4 Å². The van der Waals surface area contributed by atoms with Crippen LogP contribution in [-0.4, -0.2) is 7.28 Å². The molecule has 3 heterocycles. The van der Waals surface area contributed by atoms with E-state index in [0.717, 1.165) is 83.9 Å². The van der Waals surface area contributed by atoms with E-state index in [9.17, 15) is 0 Å². The van der Waals surface area contributed by atoms with E-state index >= 15 is 0 Å². The van der Waals surface area contributed by atoms with Crippen LogP contribution in [0.4, 0.5) is 28.4 Å². The summed E-state index contributed by atoms with van der Waals surface area (Å²) in [6, 6.07) is 57.6. The molecular weight excluding hydrogens is 623 g/mol. The number of para-hydroxylation sites is 4. The van der Waals surface area contributed by atoms with E-state index in [1.807, 2.05) is 18.2 Å². The Morgan fingerprint density at radius 2 is 1.25 bits per heavy atom. The number of ether oxygens (including phenoxy) is 1. The average Bonchev–Trinajstić information content (AvgIpc) is 3.56. The molecule has 2 aliphatic rings. The highest BCUT2D eigenvalue weighted by Crippen LogP contribution is 2.53. The van der Waals surface area contributed by atoms with Gasteiger partial charge in [0, 0.05) is 27.7 Å². The number of rotatable bonds is 4. The van der Waals surface area contributed by atoms with Gasteiger partial charge >= 0.3 is 0 Å². The van der Waals surface area contributed by atoms with Crippen LogP contribution >= 0.6 is 0 Å². The molecule has 0 fully saturated rings. The molecule has 0 spiro atoms. The number of furan rings is 1. The Labute approximate surface area is 295 Å². The lowest BCUT2D eigenvalue weighted by molar-refractivity contribution is 0.477. The highest BCUT2D eigenvalue weighted by molar-refractivity contribution is 6.74. The summed E-state index contributed by atoms with van der Waals surface area (Å²) in [6.07, 6.45) is 0. The minimum Gasteiger partial charge on any atom is -0.454 e. The topological polar surface area (TPSA) is 37.6 Å². The van der Waals surface area contributed by atoms with Crippen LogP contribution in [0, 0.1) is 0 Å². The van der Waals surface area contributed by atoms with E-state index < -0.39 is 0 Å². The second kappa shape index (κ2) is 10.9. The summed E-state index contributed by atoms with van der Waals surface area (Å²) in [5, 5.41) is 8.35. The zero-order chi connectivity index (χ0) is 33.5. The van der Waals surface area contributed by atoms with E-state index in [1.165, 1.54) is 21.9 Å². The summed E-state index contributed by atoms with van der Waals surface area (Å²) in [5.74, 6) is 1.64. The van der Waals surface area contributed by atoms with Crippen molar-refractivity contribution in [2.24, 2.45) is 0 Å². The summed E-state index contributed by atoms with van der Waals surface area (Å²) >= 11 is 0. The standard InChI is InChI=1S/C46H28BN2O2/c1-2-11-28(12-3-1)29-21-23-32(24-22-29)48-38-26-31-14-5-4-13-30(31)25-34(38)35-27-36-33-15-6-8-18-40(33)51-46(36)45-43(35)47-37-16-10-20-42-44(37)49(45)39-17-7-9-19-41(39)50-42/h1-27,48H. The van der Waals surface area contributed by atoms with E-state index in [1.54, 1.807) is 0 Å². The Bertz CT molecular complexity index is 2840. The van der Waals surface area contributed by atoms with Gasteiger partial charge < -0.3 is 19.4 Å². The molecule has 4 nitrogen and oxygen atoms in total. The number of benzene rings is 8. The Hall–Kier alpha value is -6.72. The monoisotopic (exact) mass is 651 g/mol. The van der Waals surface area contributed by atoms with Crippen molar-refractivity contribution in [1.29, 1.82) is 0 Å². The minimum atomic E-state index is 0.816. The maximum atomic E-state index is 6.79. The third-order valence-corrected chi connectivity index (χ3v) is 10.2. The zero-order valence-electron chi connectivity index (χ0n) is 27.4. The van der Waals surface area contributed by atoms with Gasteiger partial charge in [-0.15, -0.1) is 0 Å². The maximum absolute atomic E-state index is 6.79. The van der Waals surface area contributed by atoms with Crippen LogP contribution in [0.2, 0.25) is 0 Å². The van der Waals surface area contributed by atoms with Crippen molar-refractivity contribution in [2.45, 2.75) is 0 Å². The van der Waals surface area contributed by atoms with Gasteiger partial charge in [0.2, 0.25) is 0 Å². The van der Waals surface area contributed by atoms with Gasteiger partial charge in [-0.05, 0) is 87.5 Å². The third kappa shape index (κ3) is 4.35. The molecule has 237 valence electrons. The second-order valence-corrected chi connectivity index (χ2v) is 13.2. The number of anilines is 5. The molecule has 0 bridgehead atoms. The molecule has 9 aromatic rings. The molecule has 1 N–H and O–H groups in total. The van der Waals surface area contributed by atoms with Crippen molar-refractivity contribution in [3.05, 3.63) is 164 Å². The summed E-state index contributed by atoms with van der Waals surface area (Å²) in [5.41, 5.74) is 13.6. The molecule has 51 heavy (non-hydrogen) atoms. The Morgan fingerprint density at radius 1 is 0.529 bits per heavy atom. The highest BCUT2D eigenvalue weighted by Gasteiger charge is 2.37. The maximum Gasteiger partial charge on any atom is 0.198 e. The molecule has 8 aromatic carbocycles. The lowest BCUT2D eigenvalue weighted by atomic mass is 9.57. The van der Waals surface area contributed by atoms with Crippen molar-refractivity contribution < 1.29 is 9.15 Å². The van der Waals surface area contributed by atoms with E-state index in [4.69, 9.17) is 9.15 Å². The van der Waals surface area contributed by atoms with Crippen LogP contribution in [0.15, 0.2) is 168 Å². The van der Waals surface area contributed by atoms with Crippen molar-refractivity contribution >= 4 is 79.4 Å². The van der Waals surface area contributed by atoms with Crippen LogP contribution in [0.25, 0.3) is 55.0 Å². The van der Waals surface area contributed by atoms with Crippen molar-refractivity contribution in [3.8, 4) is 33.8 Å². The van der Waals surface area contributed by atoms with Gasteiger partial charge in [-0.1, -0.05) is 115 Å². The quantitative estimate of drug-likeness (QED) is 0.192. The van der Waals surface area contributed by atoms with Gasteiger partial charge in [0.25, 0.3) is 0 Å². The largest absolute Gasteiger partial charge is 0.454 e. The average molecular weight is 652 g/mol. The molecule has 5 heteroatoms. The van der Waals surface area contributed by atoms with Crippen LogP contribution < -0.4 is 25.9 Å². The van der Waals surface area contributed by atoms with Crippen molar-refractivity contribution in [2.75, 3.05) is 10.2 Å². The van der Waals surface area contributed by atoms with Crippen LogP contribution in [0.5, 0.6) is 11.5 Å². The highest BCUT2D eigenvalue weighted by atomic mass is 16.5. The molecule has 0 atom stereocenters. The molecule has 1 radical (unpaired) electrons. The predicted octanol–water partition coefficient (Wildman–Crippen LogP) is 11.4. The van der Waals surface area contributed by atoms with E-state index in [0.29, 0.717) is 0 Å². The van der Waals surface area contributed by atoms with E-state index in [-0.39, 0.29) is 0 Å². The van der Waals surface area contributed by atoms with Crippen molar-refractivity contribution in [3.63, 3.8) is 0 Å². The second-order valence-electron chi connectivity index (χ2n) is 13.2. The Balaban J connectivity index is 1.18. The molecule has 0 saturated carbocycles. The fourth-order valence-electron chi connectivity index (χ4n) is 7.88. The van der Waals surface area contributed by atoms with Gasteiger partial charge in [-0.25, -0.2) is 0 Å². The number of nitrogens with one attached hydrogen (secondary N) is 1. The predicted molar refractivity (Wildman–Crippen MR) is 212 cm³/mol. The van der Waals surface area contributed by atoms with Crippen LogP contribution in [-0.2, 0) is 0 Å². The zero-order valence-corrected chi connectivity index (χ0v) is 27.4. The summed E-state index contributed by atoms with van der Waals surface area (Å²) in [6.45, 7) is 0. The number of nitrogens with zero attached hydrogens (tertiary/aromatic N) is 1. The van der Waals surface area contributed by atoms with E-state index in [2.05, 4.69) is 163 Å². The SMILES string of the molecule is [B]1c2cccc3c2N(c2ccccc2O3)c2c1c(-c1cc3ccccc3cc1Nc1ccc(-c3ccccc3)cc1)cc1c2oc2ccccc21. The first kappa shape index (κ1) is 28.2. The first-order valence-electron chi connectivity index (χ1n) is 17.3. The molecule has 11 rings (SSSR count). The third-order valence-electron chi connectivity index (χ3n) is 10.2. The molecule has 0 unspecified atom stereocenters. The fourth-order valence-corrected chi connectivity index (χ4v) is 7.88. The van der Waals surface area contributed by atoms with Crippen molar-refractivity contribution in [1.82, 2.24) is 0 Å². The molecule has 0 amide bonds. The number of hydrogen-bond donors (Lipinski definition) is 1. The first-order chi connectivity index (χ1) is 25.3. The number of hydrogen-bond acceptors (Lipinski definition) is 4. The van der Waals surface area contributed by atoms with Crippen LogP contribution in [0.1, 0.15) is 0 Å². The van der Waals surface area contributed by atoms with Gasteiger partial charge in [-0.2, -0.15) is 0 Å². The Kier molecular flexibility index (Phi) is 6.01. The van der Waals surface area contributed by atoms with Gasteiger partial charge in [0.05, 0.1) is 17.1 Å². The lowest BCUT2D eigenvalue weighted by Crippen LogP contribution is -2.42. The summed E-state index contributed by atoms with van der Waals surface area (Å²) in [4.78, 5) is 2.35. The number of fused-ring (bicyclic) bond motifs is 9. The smallest absolute Gasteiger partial charge is 0.198 e.